The minimum atomic E-state index is -0.353. The lowest BCUT2D eigenvalue weighted by atomic mass is 10.1. The number of benzene rings is 2. The average Bonchev–Trinajstić information content (AvgIpc) is 3.22. The van der Waals surface area contributed by atoms with Crippen LogP contribution in [0.1, 0.15) is 20.7 Å². The Hall–Kier alpha value is -3.13. The van der Waals surface area contributed by atoms with Crippen LogP contribution in [0.15, 0.2) is 42.5 Å². The van der Waals surface area contributed by atoms with Crippen molar-refractivity contribution in [1.29, 1.82) is 0 Å². The van der Waals surface area contributed by atoms with Crippen molar-refractivity contribution in [1.82, 2.24) is 15.1 Å². The molecule has 0 bridgehead atoms. The number of rotatable bonds is 5. The maximum atomic E-state index is 13.0. The topological polar surface area (TPSA) is 71.1 Å². The third-order valence-electron chi connectivity index (χ3n) is 5.10. The Morgan fingerprint density at radius 2 is 1.62 bits per heavy atom. The number of halogens is 1. The van der Waals surface area contributed by atoms with E-state index < -0.39 is 0 Å². The van der Waals surface area contributed by atoms with Gasteiger partial charge in [-0.3, -0.25) is 14.5 Å². The molecule has 2 aromatic carbocycles. The number of hydrogen-bond donors (Lipinski definition) is 1. The van der Waals surface area contributed by atoms with Crippen molar-refractivity contribution in [2.45, 2.75) is 0 Å². The van der Waals surface area contributed by atoms with Gasteiger partial charge in [-0.15, -0.1) is 0 Å². The number of carbonyl (C=O) groups is 2. The van der Waals surface area contributed by atoms with E-state index in [4.69, 9.17) is 9.47 Å². The van der Waals surface area contributed by atoms with Gasteiger partial charge in [0.2, 0.25) is 6.79 Å². The predicted molar refractivity (Wildman–Crippen MR) is 104 cm³/mol. The molecular formula is C21H22FN3O4. The smallest absolute Gasteiger partial charge is 0.253 e. The first-order valence-corrected chi connectivity index (χ1v) is 9.55. The molecule has 152 valence electrons. The molecule has 1 saturated heterocycles. The molecular weight excluding hydrogens is 377 g/mol. The van der Waals surface area contributed by atoms with E-state index in [-0.39, 0.29) is 24.4 Å². The van der Waals surface area contributed by atoms with Crippen LogP contribution in [0, 0.1) is 5.82 Å². The summed E-state index contributed by atoms with van der Waals surface area (Å²) in [5.74, 6) is 0.637. The highest BCUT2D eigenvalue weighted by molar-refractivity contribution is 5.95. The van der Waals surface area contributed by atoms with Crippen molar-refractivity contribution in [3.8, 4) is 11.5 Å². The molecule has 2 aliphatic heterocycles. The molecule has 29 heavy (non-hydrogen) atoms. The van der Waals surface area contributed by atoms with E-state index in [2.05, 4.69) is 10.2 Å². The monoisotopic (exact) mass is 399 g/mol. The summed E-state index contributed by atoms with van der Waals surface area (Å²) in [5.41, 5.74) is 1.03. The Bertz CT molecular complexity index is 895. The second-order valence-corrected chi connectivity index (χ2v) is 6.96. The Labute approximate surface area is 168 Å². The maximum absolute atomic E-state index is 13.0. The van der Waals surface area contributed by atoms with Crippen LogP contribution in [0.25, 0.3) is 0 Å². The highest BCUT2D eigenvalue weighted by atomic mass is 19.1. The number of carbonyl (C=O) groups excluding carboxylic acids is 2. The average molecular weight is 399 g/mol. The van der Waals surface area contributed by atoms with Crippen LogP contribution in [0.2, 0.25) is 0 Å². The van der Waals surface area contributed by atoms with Crippen molar-refractivity contribution in [2.75, 3.05) is 46.1 Å². The third kappa shape index (κ3) is 4.48. The van der Waals surface area contributed by atoms with Gasteiger partial charge in [-0.05, 0) is 42.5 Å². The van der Waals surface area contributed by atoms with Crippen molar-refractivity contribution < 1.29 is 23.5 Å². The van der Waals surface area contributed by atoms with Gasteiger partial charge >= 0.3 is 0 Å². The first-order valence-electron chi connectivity index (χ1n) is 9.55. The summed E-state index contributed by atoms with van der Waals surface area (Å²) in [6.07, 6.45) is 0. The second kappa shape index (κ2) is 8.48. The molecule has 0 unspecified atom stereocenters. The fourth-order valence-corrected chi connectivity index (χ4v) is 3.42. The first kappa shape index (κ1) is 19.2. The summed E-state index contributed by atoms with van der Waals surface area (Å²) in [6.45, 7) is 4.06. The molecule has 0 spiro atoms. The zero-order valence-corrected chi connectivity index (χ0v) is 15.9. The molecule has 0 saturated carbocycles. The summed E-state index contributed by atoms with van der Waals surface area (Å²) in [6, 6.07) is 10.7. The fourth-order valence-electron chi connectivity index (χ4n) is 3.42. The minimum Gasteiger partial charge on any atom is -0.454 e. The van der Waals surface area contributed by atoms with Crippen molar-refractivity contribution in [3.63, 3.8) is 0 Å². The first-order chi connectivity index (χ1) is 14.1. The molecule has 1 N–H and O–H groups in total. The van der Waals surface area contributed by atoms with E-state index in [9.17, 15) is 14.0 Å². The number of amides is 2. The lowest BCUT2D eigenvalue weighted by molar-refractivity contribution is 0.0638. The summed E-state index contributed by atoms with van der Waals surface area (Å²) < 4.78 is 23.6. The number of fused-ring (bicyclic) bond motifs is 1. The predicted octanol–water partition coefficient (Wildman–Crippen LogP) is 1.74. The molecule has 2 aliphatic rings. The maximum Gasteiger partial charge on any atom is 0.253 e. The van der Waals surface area contributed by atoms with Crippen LogP contribution < -0.4 is 14.8 Å². The molecule has 1 fully saturated rings. The lowest BCUT2D eigenvalue weighted by Gasteiger charge is -2.34. The molecule has 2 aromatic rings. The van der Waals surface area contributed by atoms with E-state index in [0.29, 0.717) is 48.8 Å². The van der Waals surface area contributed by atoms with Crippen molar-refractivity contribution >= 4 is 11.8 Å². The van der Waals surface area contributed by atoms with Crippen LogP contribution >= 0.6 is 0 Å². The Morgan fingerprint density at radius 3 is 2.38 bits per heavy atom. The van der Waals surface area contributed by atoms with Crippen LogP contribution in [-0.4, -0.2) is 67.7 Å². The van der Waals surface area contributed by atoms with E-state index in [0.717, 1.165) is 13.1 Å². The van der Waals surface area contributed by atoms with E-state index in [1.54, 1.807) is 23.1 Å². The van der Waals surface area contributed by atoms with Gasteiger partial charge < -0.3 is 19.7 Å². The number of hydrogen-bond acceptors (Lipinski definition) is 5. The molecule has 0 aromatic heterocycles. The molecule has 8 heteroatoms. The van der Waals surface area contributed by atoms with Crippen LogP contribution in [-0.2, 0) is 0 Å². The summed E-state index contributed by atoms with van der Waals surface area (Å²) in [5, 5.41) is 2.91. The molecule has 7 nitrogen and oxygen atoms in total. The van der Waals surface area contributed by atoms with Crippen molar-refractivity contribution in [3.05, 3.63) is 59.4 Å². The van der Waals surface area contributed by atoms with Gasteiger partial charge in [0, 0.05) is 50.4 Å². The van der Waals surface area contributed by atoms with E-state index in [1.165, 1.54) is 24.3 Å². The SMILES string of the molecule is O=C(NCCN1CCN(C(=O)c2ccc(F)cc2)CC1)c1ccc2c(c1)OCO2. The number of nitrogens with zero attached hydrogens (tertiary/aromatic N) is 2. The van der Waals surface area contributed by atoms with E-state index >= 15 is 0 Å². The minimum absolute atomic E-state index is 0.0826. The molecule has 0 radical (unpaired) electrons. The number of piperazine rings is 1. The van der Waals surface area contributed by atoms with Gasteiger partial charge in [0.25, 0.3) is 11.8 Å². The van der Waals surface area contributed by atoms with Gasteiger partial charge in [-0.25, -0.2) is 4.39 Å². The second-order valence-electron chi connectivity index (χ2n) is 6.96. The quantitative estimate of drug-likeness (QED) is 0.830. The Kier molecular flexibility index (Phi) is 5.62. The highest BCUT2D eigenvalue weighted by Gasteiger charge is 2.22. The van der Waals surface area contributed by atoms with Gasteiger partial charge in [-0.1, -0.05) is 0 Å². The molecule has 2 amide bonds. The standard InChI is InChI=1S/C21H22FN3O4/c22-17-4-1-15(2-5-17)21(27)25-11-9-24(10-12-25)8-7-23-20(26)16-3-6-18-19(13-16)29-14-28-18/h1-6,13H,7-12,14H2,(H,23,26). The molecule has 0 aliphatic carbocycles. The van der Waals surface area contributed by atoms with Gasteiger partial charge in [0.05, 0.1) is 0 Å². The summed E-state index contributed by atoms with van der Waals surface area (Å²) in [7, 11) is 0. The largest absolute Gasteiger partial charge is 0.454 e. The number of nitrogens with one attached hydrogen (secondary N) is 1. The van der Waals surface area contributed by atoms with Gasteiger partial charge in [0.1, 0.15) is 5.82 Å². The third-order valence-corrected chi connectivity index (χ3v) is 5.10. The van der Waals surface area contributed by atoms with Crippen LogP contribution in [0.5, 0.6) is 11.5 Å². The molecule has 0 atom stereocenters. The molecule has 4 rings (SSSR count). The highest BCUT2D eigenvalue weighted by Crippen LogP contribution is 2.32. The van der Waals surface area contributed by atoms with Crippen LogP contribution in [0.4, 0.5) is 4.39 Å². The normalized spacial score (nSPS) is 16.0. The molecule has 2 heterocycles. The van der Waals surface area contributed by atoms with Crippen molar-refractivity contribution in [2.24, 2.45) is 0 Å². The fraction of sp³-hybridized carbons (Fsp3) is 0.333. The Morgan fingerprint density at radius 1 is 0.931 bits per heavy atom. The lowest BCUT2D eigenvalue weighted by Crippen LogP contribution is -2.50. The zero-order valence-electron chi connectivity index (χ0n) is 15.9. The van der Waals surface area contributed by atoms with E-state index in [1.807, 2.05) is 0 Å². The van der Waals surface area contributed by atoms with Gasteiger partial charge in [-0.2, -0.15) is 0 Å². The van der Waals surface area contributed by atoms with Gasteiger partial charge in [0.15, 0.2) is 11.5 Å². The zero-order chi connectivity index (χ0) is 20.2. The summed E-state index contributed by atoms with van der Waals surface area (Å²) >= 11 is 0. The van der Waals surface area contributed by atoms with Crippen LogP contribution in [0.3, 0.4) is 0 Å². The Balaban J connectivity index is 1.20. The number of ether oxygens (including phenoxy) is 2. The summed E-state index contributed by atoms with van der Waals surface area (Å²) in [4.78, 5) is 28.7.